The van der Waals surface area contributed by atoms with Crippen LogP contribution in [0.5, 0.6) is 0 Å². The van der Waals surface area contributed by atoms with Crippen LogP contribution in [0.25, 0.3) is 0 Å². The molecule has 2 aromatic rings. The van der Waals surface area contributed by atoms with Gasteiger partial charge in [0.1, 0.15) is 11.6 Å². The van der Waals surface area contributed by atoms with Crippen LogP contribution in [-0.2, 0) is 19.6 Å². The lowest BCUT2D eigenvalue weighted by Crippen LogP contribution is -2.50. The predicted octanol–water partition coefficient (Wildman–Crippen LogP) is 1.86. The standard InChI is InChI=1S/C20H23FN4O4S/c21-16-7-9-17(10-8-16)30(28,29)25-14-12-24(13-15-25)20(27)6-3-5-19(26)23-18-4-1-2-11-22-18/h1-2,4,7-11H,3,5-6,12-15H2,(H,22,23,26). The SMILES string of the molecule is O=C(CCCC(=O)N1CCN(S(=O)(=O)c2ccc(F)cc2)CC1)Nc1ccccn1. The summed E-state index contributed by atoms with van der Waals surface area (Å²) in [6.45, 7) is 0.899. The Morgan fingerprint density at radius 1 is 1.00 bits per heavy atom. The normalized spacial score (nSPS) is 15.0. The van der Waals surface area contributed by atoms with Crippen molar-refractivity contribution in [2.45, 2.75) is 24.2 Å². The summed E-state index contributed by atoms with van der Waals surface area (Å²) in [5, 5.41) is 2.66. The van der Waals surface area contributed by atoms with Gasteiger partial charge in [-0.15, -0.1) is 0 Å². The number of nitrogens with zero attached hydrogens (tertiary/aromatic N) is 3. The van der Waals surface area contributed by atoms with Gasteiger partial charge in [0.25, 0.3) is 0 Å². The second-order valence-corrected chi connectivity index (χ2v) is 8.79. The van der Waals surface area contributed by atoms with Crippen molar-refractivity contribution in [3.05, 3.63) is 54.5 Å². The van der Waals surface area contributed by atoms with E-state index in [4.69, 9.17) is 0 Å². The summed E-state index contributed by atoms with van der Waals surface area (Å²) in [6, 6.07) is 9.88. The van der Waals surface area contributed by atoms with Gasteiger partial charge >= 0.3 is 0 Å². The minimum absolute atomic E-state index is 0.0302. The predicted molar refractivity (Wildman–Crippen MR) is 108 cm³/mol. The molecule has 0 bridgehead atoms. The van der Waals surface area contributed by atoms with Crippen LogP contribution in [0, 0.1) is 5.82 Å². The molecule has 0 saturated carbocycles. The first-order valence-corrected chi connectivity index (χ1v) is 11.0. The van der Waals surface area contributed by atoms with Crippen molar-refractivity contribution in [2.75, 3.05) is 31.5 Å². The van der Waals surface area contributed by atoms with E-state index in [1.54, 1.807) is 29.3 Å². The Labute approximate surface area is 174 Å². The number of carbonyl (C=O) groups excluding carboxylic acids is 2. The Hall–Kier alpha value is -2.85. The van der Waals surface area contributed by atoms with Gasteiger partial charge in [0.2, 0.25) is 21.8 Å². The minimum atomic E-state index is -3.72. The van der Waals surface area contributed by atoms with Crippen molar-refractivity contribution in [2.24, 2.45) is 0 Å². The van der Waals surface area contributed by atoms with Gasteiger partial charge in [-0.1, -0.05) is 6.07 Å². The highest BCUT2D eigenvalue weighted by Gasteiger charge is 2.29. The zero-order chi connectivity index (χ0) is 21.6. The molecule has 0 aliphatic carbocycles. The molecule has 8 nitrogen and oxygen atoms in total. The molecule has 30 heavy (non-hydrogen) atoms. The van der Waals surface area contributed by atoms with Gasteiger partial charge in [-0.25, -0.2) is 17.8 Å². The molecule has 1 aliphatic heterocycles. The lowest BCUT2D eigenvalue weighted by atomic mass is 10.2. The Bertz CT molecular complexity index is 976. The molecule has 1 aliphatic rings. The minimum Gasteiger partial charge on any atom is -0.340 e. The second kappa shape index (κ2) is 9.77. The van der Waals surface area contributed by atoms with Gasteiger partial charge < -0.3 is 10.2 Å². The highest BCUT2D eigenvalue weighted by molar-refractivity contribution is 7.89. The molecule has 0 radical (unpaired) electrons. The molecule has 10 heteroatoms. The molecule has 0 atom stereocenters. The van der Waals surface area contributed by atoms with Crippen molar-refractivity contribution in [3.63, 3.8) is 0 Å². The first kappa shape index (κ1) is 21.8. The molecule has 0 unspecified atom stereocenters. The number of amides is 2. The molecule has 1 fully saturated rings. The van der Waals surface area contributed by atoms with Crippen molar-refractivity contribution in [3.8, 4) is 0 Å². The first-order chi connectivity index (χ1) is 14.4. The summed E-state index contributed by atoms with van der Waals surface area (Å²) in [5.74, 6) is -0.360. The molecule has 160 valence electrons. The molecule has 1 aromatic heterocycles. The van der Waals surface area contributed by atoms with Crippen LogP contribution in [0.1, 0.15) is 19.3 Å². The molecular weight excluding hydrogens is 411 g/mol. The largest absolute Gasteiger partial charge is 0.340 e. The Balaban J connectivity index is 1.42. The van der Waals surface area contributed by atoms with E-state index in [1.165, 1.54) is 16.4 Å². The van der Waals surface area contributed by atoms with Crippen molar-refractivity contribution in [1.29, 1.82) is 0 Å². The zero-order valence-electron chi connectivity index (χ0n) is 16.3. The van der Waals surface area contributed by atoms with Crippen LogP contribution in [0.4, 0.5) is 10.2 Å². The number of hydrogen-bond acceptors (Lipinski definition) is 5. The third kappa shape index (κ3) is 5.61. The molecule has 3 rings (SSSR count). The first-order valence-electron chi connectivity index (χ1n) is 9.60. The number of nitrogens with one attached hydrogen (secondary N) is 1. The fourth-order valence-corrected chi connectivity index (χ4v) is 4.56. The van der Waals surface area contributed by atoms with E-state index in [0.717, 1.165) is 12.1 Å². The third-order valence-electron chi connectivity index (χ3n) is 4.77. The van der Waals surface area contributed by atoms with Gasteiger partial charge in [-0.05, 0) is 42.8 Å². The van der Waals surface area contributed by atoms with E-state index in [1.807, 2.05) is 0 Å². The maximum Gasteiger partial charge on any atom is 0.243 e. The average molecular weight is 434 g/mol. The third-order valence-corrected chi connectivity index (χ3v) is 6.68. The molecule has 0 spiro atoms. The number of pyridine rings is 1. The second-order valence-electron chi connectivity index (χ2n) is 6.86. The Morgan fingerprint density at radius 2 is 1.70 bits per heavy atom. The number of hydrogen-bond donors (Lipinski definition) is 1. The van der Waals surface area contributed by atoms with E-state index in [-0.39, 0.29) is 55.7 Å². The lowest BCUT2D eigenvalue weighted by Gasteiger charge is -2.34. The highest BCUT2D eigenvalue weighted by atomic mass is 32.2. The van der Waals surface area contributed by atoms with Crippen molar-refractivity contribution >= 4 is 27.7 Å². The van der Waals surface area contributed by atoms with E-state index < -0.39 is 15.8 Å². The van der Waals surface area contributed by atoms with Gasteiger partial charge in [-0.3, -0.25) is 9.59 Å². The van der Waals surface area contributed by atoms with Crippen molar-refractivity contribution < 1.29 is 22.4 Å². The van der Waals surface area contributed by atoms with Gasteiger partial charge in [-0.2, -0.15) is 4.31 Å². The van der Waals surface area contributed by atoms with Crippen LogP contribution in [0.3, 0.4) is 0 Å². The lowest BCUT2D eigenvalue weighted by molar-refractivity contribution is -0.132. The molecular formula is C20H23FN4O4S. The number of halogens is 1. The number of aromatic nitrogens is 1. The number of benzene rings is 1. The molecule has 1 aromatic carbocycles. The molecule has 1 N–H and O–H groups in total. The fourth-order valence-electron chi connectivity index (χ4n) is 3.13. The van der Waals surface area contributed by atoms with E-state index in [0.29, 0.717) is 12.2 Å². The summed E-state index contributed by atoms with van der Waals surface area (Å²) in [7, 11) is -3.72. The van der Waals surface area contributed by atoms with Crippen LogP contribution < -0.4 is 5.32 Å². The molecule has 2 amide bonds. The smallest absolute Gasteiger partial charge is 0.243 e. The van der Waals surface area contributed by atoms with Gasteiger partial charge in [0, 0.05) is 45.2 Å². The van der Waals surface area contributed by atoms with E-state index >= 15 is 0 Å². The number of rotatable bonds is 7. The van der Waals surface area contributed by atoms with Gasteiger partial charge in [0.05, 0.1) is 4.90 Å². The van der Waals surface area contributed by atoms with Crippen LogP contribution in [-0.4, -0.2) is 60.6 Å². The molecule has 2 heterocycles. The Morgan fingerprint density at radius 3 is 2.33 bits per heavy atom. The summed E-state index contributed by atoms with van der Waals surface area (Å²) >= 11 is 0. The van der Waals surface area contributed by atoms with Crippen LogP contribution in [0.15, 0.2) is 53.6 Å². The molecule has 1 saturated heterocycles. The van der Waals surface area contributed by atoms with Crippen LogP contribution in [0.2, 0.25) is 0 Å². The maximum atomic E-state index is 13.0. The number of sulfonamides is 1. The number of anilines is 1. The Kier molecular flexibility index (Phi) is 7.11. The summed E-state index contributed by atoms with van der Waals surface area (Å²) < 4.78 is 39.6. The summed E-state index contributed by atoms with van der Waals surface area (Å²) in [5.41, 5.74) is 0. The highest BCUT2D eigenvalue weighted by Crippen LogP contribution is 2.18. The average Bonchev–Trinajstić information content (AvgIpc) is 2.75. The maximum absolute atomic E-state index is 13.0. The topological polar surface area (TPSA) is 99.7 Å². The van der Waals surface area contributed by atoms with Crippen molar-refractivity contribution in [1.82, 2.24) is 14.2 Å². The van der Waals surface area contributed by atoms with Crippen LogP contribution >= 0.6 is 0 Å². The summed E-state index contributed by atoms with van der Waals surface area (Å²) in [6.07, 6.45) is 2.38. The summed E-state index contributed by atoms with van der Waals surface area (Å²) in [4.78, 5) is 29.9. The quantitative estimate of drug-likeness (QED) is 0.717. The zero-order valence-corrected chi connectivity index (χ0v) is 17.1. The number of carbonyl (C=O) groups is 2. The van der Waals surface area contributed by atoms with E-state index in [9.17, 15) is 22.4 Å². The fraction of sp³-hybridized carbons (Fsp3) is 0.350. The van der Waals surface area contributed by atoms with E-state index in [2.05, 4.69) is 10.3 Å². The number of piperazine rings is 1. The van der Waals surface area contributed by atoms with Gasteiger partial charge in [0.15, 0.2) is 0 Å². The monoisotopic (exact) mass is 434 g/mol.